The number of amides is 1. The van der Waals surface area contributed by atoms with Gasteiger partial charge in [-0.3, -0.25) is 9.29 Å². The van der Waals surface area contributed by atoms with Crippen LogP contribution < -0.4 is 15.8 Å². The van der Waals surface area contributed by atoms with Crippen LogP contribution in [0.4, 0.5) is 14.3 Å². The lowest BCUT2D eigenvalue weighted by Gasteiger charge is -2.16. The summed E-state index contributed by atoms with van der Waals surface area (Å²) in [6.45, 7) is 1.69. The maximum absolute atomic E-state index is 15.1. The highest BCUT2D eigenvalue weighted by molar-refractivity contribution is 7.93. The molecule has 190 valence electrons. The molecule has 2 aromatic carbocycles. The van der Waals surface area contributed by atoms with Crippen molar-refractivity contribution in [2.24, 2.45) is 0 Å². The second-order valence-electron chi connectivity index (χ2n) is 8.37. The van der Waals surface area contributed by atoms with Crippen LogP contribution in [-0.4, -0.2) is 39.1 Å². The summed E-state index contributed by atoms with van der Waals surface area (Å²) in [7, 11) is -4.37. The van der Waals surface area contributed by atoms with Gasteiger partial charge in [-0.25, -0.2) is 27.4 Å². The predicted octanol–water partition coefficient (Wildman–Crippen LogP) is 3.15. The monoisotopic (exact) mass is 543 g/mol. The Hall–Kier alpha value is -4.22. The predicted molar refractivity (Wildman–Crippen MR) is 131 cm³/mol. The Morgan fingerprint density at radius 2 is 2.08 bits per heavy atom. The van der Waals surface area contributed by atoms with Crippen molar-refractivity contribution in [3.05, 3.63) is 70.2 Å². The molecule has 0 saturated heterocycles. The molecule has 1 unspecified atom stereocenters. The zero-order chi connectivity index (χ0) is 26.4. The molecule has 3 N–H and O–H groups in total. The molecule has 11 nitrogen and oxygen atoms in total. The average molecular weight is 544 g/mol. The first-order chi connectivity index (χ1) is 17.6. The van der Waals surface area contributed by atoms with Gasteiger partial charge in [0, 0.05) is 29.2 Å². The number of sulfonamides is 1. The van der Waals surface area contributed by atoms with Crippen molar-refractivity contribution >= 4 is 43.9 Å². The summed E-state index contributed by atoms with van der Waals surface area (Å²) >= 11 is 0.780. The van der Waals surface area contributed by atoms with Gasteiger partial charge in [-0.1, -0.05) is 30.0 Å². The van der Waals surface area contributed by atoms with Crippen LogP contribution in [0.25, 0.3) is 11.1 Å². The van der Waals surface area contributed by atoms with Gasteiger partial charge in [0.1, 0.15) is 22.6 Å². The maximum atomic E-state index is 15.1. The molecule has 0 aliphatic heterocycles. The third kappa shape index (κ3) is 4.78. The van der Waals surface area contributed by atoms with Crippen LogP contribution >= 0.6 is 11.5 Å². The van der Waals surface area contributed by atoms with Crippen LogP contribution in [-0.2, 0) is 10.0 Å². The first kappa shape index (κ1) is 24.5. The summed E-state index contributed by atoms with van der Waals surface area (Å²) in [6, 6.07) is 8.16. The fourth-order valence-electron chi connectivity index (χ4n) is 3.91. The van der Waals surface area contributed by atoms with E-state index in [1.807, 2.05) is 0 Å². The Balaban J connectivity index is 1.53. The van der Waals surface area contributed by atoms with Gasteiger partial charge in [0.15, 0.2) is 5.58 Å². The number of carbonyl (C=O) groups is 1. The minimum Gasteiger partial charge on any atom is -0.465 e. The van der Waals surface area contributed by atoms with Gasteiger partial charge < -0.3 is 14.8 Å². The lowest BCUT2D eigenvalue weighted by atomic mass is 10.0. The Morgan fingerprint density at radius 3 is 2.76 bits per heavy atom. The van der Waals surface area contributed by atoms with E-state index in [2.05, 4.69) is 31.2 Å². The number of oxazole rings is 1. The van der Waals surface area contributed by atoms with E-state index in [1.54, 1.807) is 31.2 Å². The van der Waals surface area contributed by atoms with Crippen LogP contribution in [0.3, 0.4) is 0 Å². The Bertz CT molecular complexity index is 1750. The third-order valence-electron chi connectivity index (χ3n) is 5.87. The number of fused-ring (bicyclic) bond motifs is 1. The summed E-state index contributed by atoms with van der Waals surface area (Å²) < 4.78 is 52.7. The van der Waals surface area contributed by atoms with Crippen molar-refractivity contribution in [2.75, 3.05) is 4.72 Å². The number of nitrogens with one attached hydrogen (secondary N) is 2. The number of aromatic nitrogens is 3. The van der Waals surface area contributed by atoms with Crippen molar-refractivity contribution in [2.45, 2.75) is 36.2 Å². The fourth-order valence-corrected chi connectivity index (χ4v) is 5.65. The molecular weight excluding hydrogens is 525 g/mol. The van der Waals surface area contributed by atoms with Crippen LogP contribution in [0.1, 0.15) is 36.9 Å². The summed E-state index contributed by atoms with van der Waals surface area (Å²) in [6.07, 6.45) is 1.17. The second-order valence-corrected chi connectivity index (χ2v) is 10.8. The van der Waals surface area contributed by atoms with Crippen molar-refractivity contribution in [3.63, 3.8) is 0 Å². The lowest BCUT2D eigenvalue weighted by molar-refractivity contribution is 0.191. The molecule has 37 heavy (non-hydrogen) atoms. The maximum Gasteiger partial charge on any atom is 0.420 e. The molecule has 0 bridgehead atoms. The average Bonchev–Trinajstić information content (AvgIpc) is 3.24. The molecule has 1 atom stereocenters. The SMILES string of the molecule is CC(c1ccccc1C#CC1(NC(=O)O)CC1)n1c(=O)oc2cc(S(=O)(=O)Nc3ncns3)c(F)cc21. The van der Waals surface area contributed by atoms with Crippen molar-refractivity contribution < 1.29 is 27.1 Å². The van der Waals surface area contributed by atoms with Gasteiger partial charge >= 0.3 is 11.8 Å². The standard InChI is InChI=1S/C23H18FN5O6S2/c1-13(15-5-3-2-4-14(15)6-7-23(8-9-23)27-21(30)31)29-17-10-16(24)19(11-18(17)35-22(29)32)37(33,34)28-20-25-12-26-36-20/h2-5,10-13,27H,8-9H2,1H3,(H,30,31)(H,25,26,28). The number of carboxylic acid groups (broad SMARTS) is 1. The zero-order valence-corrected chi connectivity index (χ0v) is 20.7. The molecule has 4 aromatic rings. The van der Waals surface area contributed by atoms with E-state index in [0.717, 1.165) is 30.0 Å². The highest BCUT2D eigenvalue weighted by Crippen LogP contribution is 2.35. The molecule has 1 aliphatic rings. The van der Waals surface area contributed by atoms with E-state index in [9.17, 15) is 18.0 Å². The summed E-state index contributed by atoms with van der Waals surface area (Å²) in [5.74, 6) is 4.06. The molecule has 5 rings (SSSR count). The Labute approximate surface area is 213 Å². The summed E-state index contributed by atoms with van der Waals surface area (Å²) in [5.41, 5.74) is 0.298. The number of hydrogen-bond donors (Lipinski definition) is 3. The lowest BCUT2D eigenvalue weighted by Crippen LogP contribution is -2.34. The van der Waals surface area contributed by atoms with Gasteiger partial charge in [0.2, 0.25) is 5.13 Å². The van der Waals surface area contributed by atoms with E-state index in [1.165, 1.54) is 4.57 Å². The van der Waals surface area contributed by atoms with Crippen LogP contribution in [0.15, 0.2) is 56.8 Å². The summed E-state index contributed by atoms with van der Waals surface area (Å²) in [5, 5.41) is 11.4. The van der Waals surface area contributed by atoms with E-state index >= 15 is 4.39 Å². The largest absolute Gasteiger partial charge is 0.465 e. The van der Waals surface area contributed by atoms with Gasteiger partial charge in [-0.15, -0.1) is 0 Å². The van der Waals surface area contributed by atoms with E-state index < -0.39 is 44.2 Å². The van der Waals surface area contributed by atoms with E-state index in [-0.39, 0.29) is 16.2 Å². The minimum absolute atomic E-state index is 0.0450. The van der Waals surface area contributed by atoms with Crippen LogP contribution in [0.2, 0.25) is 0 Å². The number of halogens is 1. The molecule has 1 saturated carbocycles. The molecule has 1 fully saturated rings. The van der Waals surface area contributed by atoms with Gasteiger partial charge in [-0.05, 0) is 31.4 Å². The van der Waals surface area contributed by atoms with Crippen molar-refractivity contribution in [3.8, 4) is 11.8 Å². The highest BCUT2D eigenvalue weighted by atomic mass is 32.2. The first-order valence-corrected chi connectivity index (χ1v) is 13.1. The molecule has 0 radical (unpaired) electrons. The van der Waals surface area contributed by atoms with E-state index in [4.69, 9.17) is 9.52 Å². The molecule has 1 amide bonds. The van der Waals surface area contributed by atoms with E-state index in [0.29, 0.717) is 24.0 Å². The number of anilines is 1. The molecule has 14 heteroatoms. The van der Waals surface area contributed by atoms with Gasteiger partial charge in [-0.2, -0.15) is 4.37 Å². The zero-order valence-electron chi connectivity index (χ0n) is 19.1. The molecule has 2 aromatic heterocycles. The molecule has 2 heterocycles. The molecule has 0 spiro atoms. The number of hydrogen-bond acceptors (Lipinski definition) is 8. The van der Waals surface area contributed by atoms with Crippen LogP contribution in [0, 0.1) is 17.7 Å². The third-order valence-corrected chi connectivity index (χ3v) is 7.93. The second kappa shape index (κ2) is 9.02. The molecule has 1 aliphatic carbocycles. The smallest absolute Gasteiger partial charge is 0.420 e. The normalized spacial score (nSPS) is 15.0. The topological polar surface area (TPSA) is 156 Å². The van der Waals surface area contributed by atoms with Gasteiger partial charge in [0.05, 0.1) is 11.6 Å². The number of rotatable bonds is 6. The quantitative estimate of drug-likeness (QED) is 0.313. The van der Waals surface area contributed by atoms with Gasteiger partial charge in [0.25, 0.3) is 10.0 Å². The first-order valence-electron chi connectivity index (χ1n) is 10.9. The Kier molecular flexibility index (Phi) is 5.97. The minimum atomic E-state index is -4.37. The molecular formula is C23H18FN5O6S2. The van der Waals surface area contributed by atoms with Crippen molar-refractivity contribution in [1.29, 1.82) is 0 Å². The summed E-state index contributed by atoms with van der Waals surface area (Å²) in [4.78, 5) is 26.9. The van der Waals surface area contributed by atoms with Crippen molar-refractivity contribution in [1.82, 2.24) is 19.2 Å². The Morgan fingerprint density at radius 1 is 1.32 bits per heavy atom. The number of nitrogens with zero attached hydrogens (tertiary/aromatic N) is 3. The van der Waals surface area contributed by atoms with Crippen LogP contribution in [0.5, 0.6) is 0 Å². The highest BCUT2D eigenvalue weighted by Gasteiger charge is 2.42. The fraction of sp³-hybridized carbons (Fsp3) is 0.217. The number of benzene rings is 2.